The molecule has 0 aliphatic carbocycles. The molecule has 2 unspecified atom stereocenters. The van der Waals surface area contributed by atoms with Gasteiger partial charge in [-0.25, -0.2) is 0 Å². The maximum Gasteiger partial charge on any atom is 0.193 e. The van der Waals surface area contributed by atoms with E-state index in [-0.39, 0.29) is 22.3 Å². The molecule has 2 atom stereocenters. The lowest BCUT2D eigenvalue weighted by atomic mass is 10.2. The molecule has 130 valence electrons. The van der Waals surface area contributed by atoms with Gasteiger partial charge in [0.15, 0.2) is 16.6 Å². The zero-order valence-corrected chi connectivity index (χ0v) is 19.0. The molecule has 0 aliphatic rings. The van der Waals surface area contributed by atoms with Crippen LogP contribution in [0.2, 0.25) is 36.3 Å². The Morgan fingerprint density at radius 1 is 0.636 bits per heavy atom. The van der Waals surface area contributed by atoms with Gasteiger partial charge in [-0.05, 0) is 50.1 Å². The normalized spacial score (nSPS) is 16.7. The Labute approximate surface area is 141 Å². The van der Waals surface area contributed by atoms with Crippen molar-refractivity contribution in [3.8, 4) is 11.8 Å². The van der Waals surface area contributed by atoms with Crippen LogP contribution < -0.4 is 0 Å². The number of hydrogen-bond acceptors (Lipinski definition) is 2. The van der Waals surface area contributed by atoms with Gasteiger partial charge < -0.3 is 8.85 Å². The monoisotopic (exact) mass is 342 g/mol. The van der Waals surface area contributed by atoms with Crippen molar-refractivity contribution in [2.75, 3.05) is 0 Å². The van der Waals surface area contributed by atoms with E-state index in [0.29, 0.717) is 0 Å². The average molecular weight is 343 g/mol. The second-order valence-electron chi connectivity index (χ2n) is 9.33. The molecule has 0 amide bonds. The quantitative estimate of drug-likeness (QED) is 0.474. The zero-order valence-electron chi connectivity index (χ0n) is 17.0. The fourth-order valence-corrected chi connectivity index (χ4v) is 4.12. The first-order valence-electron chi connectivity index (χ1n) is 8.36. The van der Waals surface area contributed by atoms with Gasteiger partial charge in [0.2, 0.25) is 0 Å². The first kappa shape index (κ1) is 21.9. The average Bonchev–Trinajstić information content (AvgIpc) is 2.21. The summed E-state index contributed by atoms with van der Waals surface area (Å²) in [6.07, 6.45) is -0.0716. The maximum atomic E-state index is 6.27. The summed E-state index contributed by atoms with van der Waals surface area (Å²) in [6.45, 7) is 26.7. The first-order chi connectivity index (χ1) is 9.49. The Hall–Kier alpha value is -0.0862. The van der Waals surface area contributed by atoms with Gasteiger partial charge in [-0.1, -0.05) is 53.4 Å². The topological polar surface area (TPSA) is 18.5 Å². The smallest absolute Gasteiger partial charge is 0.193 e. The molecular weight excluding hydrogens is 304 g/mol. The molecule has 0 N–H and O–H groups in total. The molecular formula is C18H38O2Si2. The van der Waals surface area contributed by atoms with Crippen molar-refractivity contribution in [1.82, 2.24) is 0 Å². The van der Waals surface area contributed by atoms with Crippen molar-refractivity contribution < 1.29 is 8.85 Å². The fraction of sp³-hybridized carbons (Fsp3) is 0.889. The van der Waals surface area contributed by atoms with Crippen LogP contribution in [0.15, 0.2) is 0 Å². The molecule has 0 heterocycles. The van der Waals surface area contributed by atoms with E-state index in [1.54, 1.807) is 0 Å². The fourth-order valence-electron chi connectivity index (χ4n) is 1.53. The molecule has 0 aliphatic heterocycles. The molecule has 0 aromatic rings. The summed E-state index contributed by atoms with van der Waals surface area (Å²) in [5.74, 6) is 6.49. The minimum absolute atomic E-state index is 0.0358. The summed E-state index contributed by atoms with van der Waals surface area (Å²) in [5.41, 5.74) is 0. The molecule has 2 nitrogen and oxygen atoms in total. The summed E-state index contributed by atoms with van der Waals surface area (Å²) in [7, 11) is -3.50. The lowest BCUT2D eigenvalue weighted by Crippen LogP contribution is -2.43. The SMILES string of the molecule is CC(C#CC(C)O[Si](C)(C)C(C)(C)C)O[Si](C)(C)C(C)(C)C. The van der Waals surface area contributed by atoms with Crippen LogP contribution in [0.1, 0.15) is 55.4 Å². The molecule has 4 heteroatoms. The predicted molar refractivity (Wildman–Crippen MR) is 103 cm³/mol. The standard InChI is InChI=1S/C18H38O2Si2/c1-15(19-21(9,10)17(3,4)5)13-14-16(2)20-22(11,12)18(6,7)8/h15-16H,1-12H3. The van der Waals surface area contributed by atoms with Crippen LogP contribution in [0, 0.1) is 11.8 Å². The molecule has 0 spiro atoms. The lowest BCUT2D eigenvalue weighted by molar-refractivity contribution is 0.242. The molecule has 0 aromatic heterocycles. The Bertz CT molecular complexity index is 379. The number of rotatable bonds is 4. The van der Waals surface area contributed by atoms with Gasteiger partial charge in [-0.3, -0.25) is 0 Å². The van der Waals surface area contributed by atoms with E-state index in [1.165, 1.54) is 0 Å². The Kier molecular flexibility index (Phi) is 7.18. The largest absolute Gasteiger partial charge is 0.404 e. The van der Waals surface area contributed by atoms with Gasteiger partial charge in [0.25, 0.3) is 0 Å². The number of hydrogen-bond donors (Lipinski definition) is 0. The second-order valence-corrected chi connectivity index (χ2v) is 18.8. The molecule has 0 rings (SSSR count). The van der Waals surface area contributed by atoms with Crippen molar-refractivity contribution in [2.45, 2.75) is 104 Å². The van der Waals surface area contributed by atoms with E-state index in [2.05, 4.69) is 79.6 Å². The minimum atomic E-state index is -1.75. The summed E-state index contributed by atoms with van der Waals surface area (Å²) in [4.78, 5) is 0. The highest BCUT2D eigenvalue weighted by Gasteiger charge is 2.39. The van der Waals surface area contributed by atoms with Crippen LogP contribution in [0.25, 0.3) is 0 Å². The van der Waals surface area contributed by atoms with Crippen LogP contribution in [0.4, 0.5) is 0 Å². The lowest BCUT2D eigenvalue weighted by Gasteiger charge is -2.38. The third-order valence-electron chi connectivity index (χ3n) is 5.05. The van der Waals surface area contributed by atoms with Crippen molar-refractivity contribution in [1.29, 1.82) is 0 Å². The Morgan fingerprint density at radius 3 is 1.05 bits per heavy atom. The van der Waals surface area contributed by atoms with E-state index in [4.69, 9.17) is 8.85 Å². The third kappa shape index (κ3) is 6.58. The van der Waals surface area contributed by atoms with Crippen LogP contribution in [-0.2, 0) is 8.85 Å². The summed E-state index contributed by atoms with van der Waals surface area (Å²) in [5, 5.41) is 0.429. The molecule has 0 saturated carbocycles. The van der Waals surface area contributed by atoms with Crippen LogP contribution >= 0.6 is 0 Å². The van der Waals surface area contributed by atoms with E-state index in [9.17, 15) is 0 Å². The molecule has 0 aromatic carbocycles. The van der Waals surface area contributed by atoms with Crippen LogP contribution in [0.5, 0.6) is 0 Å². The molecule has 0 radical (unpaired) electrons. The molecule has 0 saturated heterocycles. The maximum absolute atomic E-state index is 6.27. The van der Waals surface area contributed by atoms with Gasteiger partial charge in [-0.15, -0.1) is 0 Å². The molecule has 22 heavy (non-hydrogen) atoms. The molecule has 0 bridgehead atoms. The van der Waals surface area contributed by atoms with Gasteiger partial charge in [0, 0.05) is 0 Å². The third-order valence-corrected chi connectivity index (χ3v) is 14.2. The van der Waals surface area contributed by atoms with Crippen molar-refractivity contribution in [2.24, 2.45) is 0 Å². The summed E-state index contributed by atoms with van der Waals surface area (Å²) >= 11 is 0. The Morgan fingerprint density at radius 2 is 0.864 bits per heavy atom. The summed E-state index contributed by atoms with van der Waals surface area (Å²) < 4.78 is 12.5. The van der Waals surface area contributed by atoms with Crippen LogP contribution in [-0.4, -0.2) is 28.8 Å². The Balaban J connectivity index is 4.76. The van der Waals surface area contributed by atoms with E-state index >= 15 is 0 Å². The second kappa shape index (κ2) is 7.21. The predicted octanol–water partition coefficient (Wildman–Crippen LogP) is 5.81. The van der Waals surface area contributed by atoms with Crippen molar-refractivity contribution in [3.05, 3.63) is 0 Å². The van der Waals surface area contributed by atoms with E-state index in [0.717, 1.165) is 0 Å². The zero-order chi connectivity index (χ0) is 18.0. The van der Waals surface area contributed by atoms with Gasteiger partial charge >= 0.3 is 0 Å². The highest BCUT2D eigenvalue weighted by atomic mass is 28.4. The first-order valence-corrected chi connectivity index (χ1v) is 14.2. The van der Waals surface area contributed by atoms with Gasteiger partial charge in [0.05, 0.1) is 0 Å². The van der Waals surface area contributed by atoms with Crippen molar-refractivity contribution >= 4 is 16.6 Å². The molecule has 0 fully saturated rings. The summed E-state index contributed by atoms with van der Waals surface area (Å²) in [6, 6.07) is 0. The van der Waals surface area contributed by atoms with E-state index in [1.807, 2.05) is 13.8 Å². The van der Waals surface area contributed by atoms with Crippen molar-refractivity contribution in [3.63, 3.8) is 0 Å². The van der Waals surface area contributed by atoms with Crippen LogP contribution in [0.3, 0.4) is 0 Å². The minimum Gasteiger partial charge on any atom is -0.404 e. The highest BCUT2D eigenvalue weighted by Crippen LogP contribution is 2.38. The van der Waals surface area contributed by atoms with Gasteiger partial charge in [0.1, 0.15) is 12.2 Å². The van der Waals surface area contributed by atoms with Gasteiger partial charge in [-0.2, -0.15) is 0 Å². The van der Waals surface area contributed by atoms with E-state index < -0.39 is 16.6 Å². The highest BCUT2D eigenvalue weighted by molar-refractivity contribution is 6.74.